The highest BCUT2D eigenvalue weighted by Gasteiger charge is 2.32. The fraction of sp³-hybridized carbons (Fsp3) is 0.174. The minimum absolute atomic E-state index is 0.529. The second-order valence-electron chi connectivity index (χ2n) is 7.57. The Morgan fingerprint density at radius 2 is 1.45 bits per heavy atom. The quantitative estimate of drug-likeness (QED) is 0.396. The van der Waals surface area contributed by atoms with Crippen molar-refractivity contribution in [1.82, 2.24) is 0 Å². The van der Waals surface area contributed by atoms with Gasteiger partial charge in [-0.2, -0.15) is 0 Å². The summed E-state index contributed by atoms with van der Waals surface area (Å²) in [4.78, 5) is 29.9. The summed E-state index contributed by atoms with van der Waals surface area (Å²) in [7, 11) is -4.71. The Hall–Kier alpha value is -2.80. The van der Waals surface area contributed by atoms with Crippen LogP contribution in [0.4, 0.5) is 5.69 Å². The largest absolute Gasteiger partial charge is 0.469 e. The van der Waals surface area contributed by atoms with Gasteiger partial charge in [0.15, 0.2) is 0 Å². The lowest BCUT2D eigenvalue weighted by Crippen LogP contribution is -2.52. The van der Waals surface area contributed by atoms with E-state index in [-0.39, 0.29) is 0 Å². The van der Waals surface area contributed by atoms with Gasteiger partial charge < -0.3 is 20.8 Å². The molecule has 162 valence electrons. The zero-order valence-corrected chi connectivity index (χ0v) is 18.0. The standard InChI is InChI=1S/C23H25N2O5P/c1-23(24,16-30-31(27,28)29)22(26)25-21-13-9-18(10-14-21)15-17-7-11-20(12-8-17)19-5-3-2-4-6-19/h2-14H,15-16,24H2,1H3,(H,25,26)(H2,27,28,29)/t23-/m0/s1. The Balaban J connectivity index is 1.59. The van der Waals surface area contributed by atoms with Crippen LogP contribution in [0.3, 0.4) is 0 Å². The minimum Gasteiger partial charge on any atom is -0.324 e. The lowest BCUT2D eigenvalue weighted by atomic mass is 10.00. The van der Waals surface area contributed by atoms with E-state index in [9.17, 15) is 9.36 Å². The molecule has 0 unspecified atom stereocenters. The Morgan fingerprint density at radius 3 is 2.00 bits per heavy atom. The van der Waals surface area contributed by atoms with Crippen LogP contribution < -0.4 is 11.1 Å². The van der Waals surface area contributed by atoms with E-state index in [1.807, 2.05) is 30.3 Å². The van der Waals surface area contributed by atoms with Gasteiger partial charge in [0.1, 0.15) is 5.54 Å². The van der Waals surface area contributed by atoms with Crippen molar-refractivity contribution in [2.45, 2.75) is 18.9 Å². The van der Waals surface area contributed by atoms with E-state index >= 15 is 0 Å². The van der Waals surface area contributed by atoms with Gasteiger partial charge in [0.05, 0.1) is 6.61 Å². The summed E-state index contributed by atoms with van der Waals surface area (Å²) in [5, 5.41) is 2.64. The highest BCUT2D eigenvalue weighted by atomic mass is 31.2. The van der Waals surface area contributed by atoms with Gasteiger partial charge in [0.25, 0.3) is 0 Å². The van der Waals surface area contributed by atoms with Crippen LogP contribution in [-0.4, -0.2) is 27.8 Å². The van der Waals surface area contributed by atoms with E-state index < -0.39 is 25.9 Å². The SMILES string of the molecule is C[C@](N)(COP(=O)(O)O)C(=O)Nc1ccc(Cc2ccc(-c3ccccc3)cc2)cc1. The van der Waals surface area contributed by atoms with Crippen LogP contribution in [0, 0.1) is 0 Å². The van der Waals surface area contributed by atoms with E-state index in [4.69, 9.17) is 15.5 Å². The number of rotatable bonds is 8. The molecule has 0 aliphatic carbocycles. The number of carbonyl (C=O) groups is 1. The molecule has 8 heteroatoms. The summed E-state index contributed by atoms with van der Waals surface area (Å²) < 4.78 is 15.2. The Bertz CT molecular complexity index is 1060. The van der Waals surface area contributed by atoms with Gasteiger partial charge in [0.2, 0.25) is 5.91 Å². The summed E-state index contributed by atoms with van der Waals surface area (Å²) in [6.07, 6.45) is 0.744. The summed E-state index contributed by atoms with van der Waals surface area (Å²) in [5.74, 6) is -0.606. The maximum Gasteiger partial charge on any atom is 0.469 e. The predicted molar refractivity (Wildman–Crippen MR) is 120 cm³/mol. The van der Waals surface area contributed by atoms with Crippen molar-refractivity contribution in [2.75, 3.05) is 11.9 Å². The van der Waals surface area contributed by atoms with Crippen LogP contribution in [0.15, 0.2) is 78.9 Å². The number of hydrogen-bond donors (Lipinski definition) is 4. The van der Waals surface area contributed by atoms with Crippen LogP contribution in [0.1, 0.15) is 18.1 Å². The molecule has 0 bridgehead atoms. The summed E-state index contributed by atoms with van der Waals surface area (Å²) in [6.45, 7) is 0.728. The second kappa shape index (κ2) is 9.56. The minimum atomic E-state index is -4.71. The molecule has 0 aliphatic rings. The Kier molecular flexibility index (Phi) is 7.05. The molecular formula is C23H25N2O5P. The number of benzene rings is 3. The molecule has 0 saturated heterocycles. The van der Waals surface area contributed by atoms with E-state index in [1.54, 1.807) is 12.1 Å². The number of nitrogens with two attached hydrogens (primary N) is 1. The Labute approximate surface area is 181 Å². The normalized spacial score (nSPS) is 13.4. The van der Waals surface area contributed by atoms with Crippen molar-refractivity contribution in [2.24, 2.45) is 5.73 Å². The maximum atomic E-state index is 12.3. The first-order valence-electron chi connectivity index (χ1n) is 9.66. The third kappa shape index (κ3) is 6.85. The molecule has 3 rings (SSSR count). The maximum absolute atomic E-state index is 12.3. The van der Waals surface area contributed by atoms with Crippen molar-refractivity contribution in [3.8, 4) is 11.1 Å². The zero-order valence-electron chi connectivity index (χ0n) is 17.1. The van der Waals surface area contributed by atoms with Crippen molar-refractivity contribution >= 4 is 19.4 Å². The first-order chi connectivity index (χ1) is 14.6. The van der Waals surface area contributed by atoms with E-state index in [1.165, 1.54) is 18.1 Å². The first-order valence-corrected chi connectivity index (χ1v) is 11.2. The smallest absolute Gasteiger partial charge is 0.324 e. The molecule has 3 aromatic rings. The summed E-state index contributed by atoms with van der Waals surface area (Å²) >= 11 is 0. The lowest BCUT2D eigenvalue weighted by Gasteiger charge is -2.23. The fourth-order valence-corrected chi connectivity index (χ4v) is 3.38. The molecule has 5 N–H and O–H groups in total. The molecule has 0 spiro atoms. The molecule has 3 aromatic carbocycles. The van der Waals surface area contributed by atoms with Gasteiger partial charge in [-0.3, -0.25) is 9.32 Å². The molecule has 31 heavy (non-hydrogen) atoms. The topological polar surface area (TPSA) is 122 Å². The van der Waals surface area contributed by atoms with Crippen LogP contribution in [-0.2, 0) is 20.3 Å². The van der Waals surface area contributed by atoms with E-state index in [0.29, 0.717) is 5.69 Å². The third-order valence-electron chi connectivity index (χ3n) is 4.73. The van der Waals surface area contributed by atoms with Crippen molar-refractivity contribution in [1.29, 1.82) is 0 Å². The molecule has 0 saturated carbocycles. The van der Waals surface area contributed by atoms with Crippen molar-refractivity contribution in [3.05, 3.63) is 90.0 Å². The predicted octanol–water partition coefficient (Wildman–Crippen LogP) is 3.71. The average molecular weight is 440 g/mol. The highest BCUT2D eigenvalue weighted by molar-refractivity contribution is 7.46. The van der Waals surface area contributed by atoms with Crippen LogP contribution >= 0.6 is 7.82 Å². The zero-order chi connectivity index (χ0) is 22.5. The monoisotopic (exact) mass is 440 g/mol. The van der Waals surface area contributed by atoms with Gasteiger partial charge >= 0.3 is 7.82 Å². The molecule has 1 atom stereocenters. The first kappa shape index (κ1) is 22.9. The van der Waals surface area contributed by atoms with Crippen molar-refractivity contribution < 1.29 is 23.7 Å². The molecule has 0 heterocycles. The van der Waals surface area contributed by atoms with E-state index in [2.05, 4.69) is 46.2 Å². The van der Waals surface area contributed by atoms with Crippen LogP contribution in [0.2, 0.25) is 0 Å². The van der Waals surface area contributed by atoms with E-state index in [0.717, 1.165) is 17.5 Å². The molecule has 0 radical (unpaired) electrons. The summed E-state index contributed by atoms with van der Waals surface area (Å²) in [6, 6.07) is 25.9. The van der Waals surface area contributed by atoms with Gasteiger partial charge in [-0.05, 0) is 47.7 Å². The van der Waals surface area contributed by atoms with Crippen molar-refractivity contribution in [3.63, 3.8) is 0 Å². The summed E-state index contributed by atoms with van der Waals surface area (Å²) in [5.41, 5.74) is 9.33. The average Bonchev–Trinajstić information content (AvgIpc) is 2.74. The molecule has 0 fully saturated rings. The molecular weight excluding hydrogens is 415 g/mol. The van der Waals surface area contributed by atoms with Gasteiger partial charge in [-0.1, -0.05) is 66.7 Å². The van der Waals surface area contributed by atoms with Gasteiger partial charge in [-0.25, -0.2) is 4.57 Å². The highest BCUT2D eigenvalue weighted by Crippen LogP contribution is 2.36. The molecule has 0 aliphatic heterocycles. The Morgan fingerprint density at radius 1 is 0.935 bits per heavy atom. The third-order valence-corrected chi connectivity index (χ3v) is 5.20. The number of phosphoric acid groups is 1. The van der Waals surface area contributed by atoms with Gasteiger partial charge in [0, 0.05) is 5.69 Å². The fourth-order valence-electron chi connectivity index (χ4n) is 2.94. The molecule has 7 nitrogen and oxygen atoms in total. The van der Waals surface area contributed by atoms with Gasteiger partial charge in [-0.15, -0.1) is 0 Å². The van der Waals surface area contributed by atoms with Crippen LogP contribution in [0.5, 0.6) is 0 Å². The number of nitrogens with one attached hydrogen (secondary N) is 1. The lowest BCUT2D eigenvalue weighted by molar-refractivity contribution is -0.121. The molecule has 0 aromatic heterocycles. The van der Waals surface area contributed by atoms with Crippen LogP contribution in [0.25, 0.3) is 11.1 Å². The number of hydrogen-bond acceptors (Lipinski definition) is 4. The molecule has 1 amide bonds. The second-order valence-corrected chi connectivity index (χ2v) is 8.81. The number of amides is 1. The number of anilines is 1. The number of phosphoric ester groups is 1. The number of carbonyl (C=O) groups excluding carboxylic acids is 1.